The molecule has 0 aliphatic heterocycles. The number of rotatable bonds is 2. The van der Waals surface area contributed by atoms with E-state index in [1.54, 1.807) is 4.88 Å². The molecule has 0 saturated carbocycles. The van der Waals surface area contributed by atoms with E-state index in [0.29, 0.717) is 6.04 Å². The molecule has 1 nitrogen and oxygen atoms in total. The molecule has 0 saturated heterocycles. The summed E-state index contributed by atoms with van der Waals surface area (Å²) >= 11 is 5.47. The molecule has 1 atom stereocenters. The lowest BCUT2D eigenvalue weighted by molar-refractivity contribution is 0.608. The first-order valence-corrected chi connectivity index (χ1v) is 8.42. The molecule has 3 heteroatoms. The van der Waals surface area contributed by atoms with Gasteiger partial charge in [-0.2, -0.15) is 0 Å². The average Bonchev–Trinajstić information content (AvgIpc) is 2.82. The van der Waals surface area contributed by atoms with Crippen LogP contribution >= 0.6 is 27.3 Å². The van der Waals surface area contributed by atoms with Gasteiger partial charge in [0, 0.05) is 15.0 Å². The van der Waals surface area contributed by atoms with Crippen molar-refractivity contribution in [1.29, 1.82) is 0 Å². The van der Waals surface area contributed by atoms with Gasteiger partial charge in [-0.05, 0) is 73.4 Å². The van der Waals surface area contributed by atoms with Crippen LogP contribution in [-0.2, 0) is 6.42 Å². The average molecular weight is 336 g/mol. The summed E-state index contributed by atoms with van der Waals surface area (Å²) in [6.07, 6.45) is 3.78. The molecule has 0 amide bonds. The molecule has 2 aromatic rings. The van der Waals surface area contributed by atoms with E-state index < -0.39 is 0 Å². The summed E-state index contributed by atoms with van der Waals surface area (Å²) in [6.45, 7) is 4.36. The van der Waals surface area contributed by atoms with Crippen molar-refractivity contribution in [3.05, 3.63) is 49.6 Å². The Labute approximate surface area is 127 Å². The van der Waals surface area contributed by atoms with Gasteiger partial charge >= 0.3 is 0 Å². The van der Waals surface area contributed by atoms with E-state index in [1.807, 2.05) is 11.3 Å². The summed E-state index contributed by atoms with van der Waals surface area (Å²) < 4.78 is 1.16. The SMILES string of the molecule is Cc1cc(Br)cc(C)c1NC1CCCc2sccc21. The molecule has 1 N–H and O–H groups in total. The van der Waals surface area contributed by atoms with Gasteiger partial charge in [-0.15, -0.1) is 11.3 Å². The Hall–Kier alpha value is -0.800. The fourth-order valence-corrected chi connectivity index (χ4v) is 4.62. The first kappa shape index (κ1) is 13.2. The van der Waals surface area contributed by atoms with Crippen LogP contribution in [0, 0.1) is 13.8 Å². The molecule has 1 aromatic heterocycles. The minimum absolute atomic E-state index is 0.480. The number of fused-ring (bicyclic) bond motifs is 1. The van der Waals surface area contributed by atoms with Crippen LogP contribution in [0.2, 0.25) is 0 Å². The molecule has 19 heavy (non-hydrogen) atoms. The Morgan fingerprint density at radius 2 is 2.00 bits per heavy atom. The van der Waals surface area contributed by atoms with Crippen molar-refractivity contribution in [3.8, 4) is 0 Å². The lowest BCUT2D eigenvalue weighted by Crippen LogP contribution is -2.16. The van der Waals surface area contributed by atoms with Crippen LogP contribution in [0.3, 0.4) is 0 Å². The van der Waals surface area contributed by atoms with E-state index in [1.165, 1.54) is 41.6 Å². The summed E-state index contributed by atoms with van der Waals surface area (Å²) in [4.78, 5) is 1.57. The molecule has 1 heterocycles. The lowest BCUT2D eigenvalue weighted by atomic mass is 9.93. The number of hydrogen-bond donors (Lipinski definition) is 1. The third-order valence-corrected chi connectivity index (χ3v) is 5.32. The molecule has 1 aliphatic carbocycles. The van der Waals surface area contributed by atoms with Gasteiger partial charge in [-0.1, -0.05) is 15.9 Å². The van der Waals surface area contributed by atoms with Crippen LogP contribution in [-0.4, -0.2) is 0 Å². The zero-order valence-electron chi connectivity index (χ0n) is 11.3. The van der Waals surface area contributed by atoms with Gasteiger partial charge in [0.05, 0.1) is 6.04 Å². The van der Waals surface area contributed by atoms with E-state index in [2.05, 4.69) is 58.7 Å². The van der Waals surface area contributed by atoms with Gasteiger partial charge in [-0.25, -0.2) is 0 Å². The monoisotopic (exact) mass is 335 g/mol. The largest absolute Gasteiger partial charge is 0.378 e. The summed E-state index contributed by atoms with van der Waals surface area (Å²) in [6, 6.07) is 7.15. The standard InChI is InChI=1S/C16H18BrNS/c1-10-8-12(17)9-11(2)16(10)18-14-4-3-5-15-13(14)6-7-19-15/h6-9,14,18H,3-5H2,1-2H3. The van der Waals surface area contributed by atoms with Gasteiger partial charge in [0.2, 0.25) is 0 Å². The highest BCUT2D eigenvalue weighted by Gasteiger charge is 2.21. The zero-order valence-corrected chi connectivity index (χ0v) is 13.7. The summed E-state index contributed by atoms with van der Waals surface area (Å²) in [5, 5.41) is 6.00. The van der Waals surface area contributed by atoms with E-state index in [0.717, 1.165) is 4.47 Å². The second-order valence-electron chi connectivity index (χ2n) is 5.30. The number of aryl methyl sites for hydroxylation is 3. The fourth-order valence-electron chi connectivity index (χ4n) is 2.95. The minimum atomic E-state index is 0.480. The predicted molar refractivity (Wildman–Crippen MR) is 87.2 cm³/mol. The Bertz CT molecular complexity index is 580. The Morgan fingerprint density at radius 1 is 1.26 bits per heavy atom. The number of nitrogens with one attached hydrogen (secondary N) is 1. The molecule has 3 rings (SSSR count). The van der Waals surface area contributed by atoms with Crippen LogP contribution in [0.1, 0.15) is 40.5 Å². The normalized spacial score (nSPS) is 18.2. The van der Waals surface area contributed by atoms with Crippen molar-refractivity contribution in [2.24, 2.45) is 0 Å². The second kappa shape index (κ2) is 5.29. The van der Waals surface area contributed by atoms with Crippen molar-refractivity contribution in [1.82, 2.24) is 0 Å². The van der Waals surface area contributed by atoms with Gasteiger partial charge in [-0.3, -0.25) is 0 Å². The first-order valence-electron chi connectivity index (χ1n) is 6.74. The molecule has 1 aromatic carbocycles. The molecule has 0 spiro atoms. The maximum Gasteiger partial charge on any atom is 0.0525 e. The maximum absolute atomic E-state index is 3.77. The number of thiophene rings is 1. The van der Waals surface area contributed by atoms with Crippen molar-refractivity contribution in [2.45, 2.75) is 39.2 Å². The third kappa shape index (κ3) is 2.59. The van der Waals surface area contributed by atoms with Crippen molar-refractivity contribution >= 4 is 33.0 Å². The van der Waals surface area contributed by atoms with Gasteiger partial charge in [0.15, 0.2) is 0 Å². The van der Waals surface area contributed by atoms with Crippen molar-refractivity contribution in [2.75, 3.05) is 5.32 Å². The van der Waals surface area contributed by atoms with Gasteiger partial charge < -0.3 is 5.32 Å². The topological polar surface area (TPSA) is 12.0 Å². The van der Waals surface area contributed by atoms with E-state index in [4.69, 9.17) is 0 Å². The molecule has 1 aliphatic rings. The van der Waals surface area contributed by atoms with Crippen LogP contribution in [0.5, 0.6) is 0 Å². The smallest absolute Gasteiger partial charge is 0.0525 e. The quantitative estimate of drug-likeness (QED) is 0.751. The van der Waals surface area contributed by atoms with Crippen LogP contribution in [0.25, 0.3) is 0 Å². The highest BCUT2D eigenvalue weighted by Crippen LogP contribution is 2.37. The number of halogens is 1. The molecule has 100 valence electrons. The van der Waals surface area contributed by atoms with Gasteiger partial charge in [0.25, 0.3) is 0 Å². The van der Waals surface area contributed by atoms with Crippen LogP contribution < -0.4 is 5.32 Å². The highest BCUT2D eigenvalue weighted by molar-refractivity contribution is 9.10. The minimum Gasteiger partial charge on any atom is -0.378 e. The first-order chi connectivity index (χ1) is 9.15. The molecule has 1 unspecified atom stereocenters. The lowest BCUT2D eigenvalue weighted by Gasteiger charge is -2.26. The van der Waals surface area contributed by atoms with E-state index in [9.17, 15) is 0 Å². The fraction of sp³-hybridized carbons (Fsp3) is 0.375. The maximum atomic E-state index is 3.77. The molecule has 0 bridgehead atoms. The molecular formula is C16H18BrNS. The molecular weight excluding hydrogens is 318 g/mol. The van der Waals surface area contributed by atoms with E-state index >= 15 is 0 Å². The number of hydrogen-bond acceptors (Lipinski definition) is 2. The third-order valence-electron chi connectivity index (χ3n) is 3.87. The summed E-state index contributed by atoms with van der Waals surface area (Å²) in [7, 11) is 0. The number of benzene rings is 1. The van der Waals surface area contributed by atoms with Crippen molar-refractivity contribution < 1.29 is 0 Å². The second-order valence-corrected chi connectivity index (χ2v) is 7.22. The summed E-state index contributed by atoms with van der Waals surface area (Å²) in [5.74, 6) is 0. The Balaban J connectivity index is 1.92. The Morgan fingerprint density at radius 3 is 2.74 bits per heavy atom. The van der Waals surface area contributed by atoms with Crippen LogP contribution in [0.15, 0.2) is 28.1 Å². The molecule has 0 radical (unpaired) electrons. The number of anilines is 1. The predicted octanol–water partition coefficient (Wildman–Crippen LogP) is 5.62. The molecule has 0 fully saturated rings. The summed E-state index contributed by atoms with van der Waals surface area (Å²) in [5.41, 5.74) is 5.44. The van der Waals surface area contributed by atoms with Crippen molar-refractivity contribution in [3.63, 3.8) is 0 Å². The van der Waals surface area contributed by atoms with Crippen LogP contribution in [0.4, 0.5) is 5.69 Å². The Kier molecular flexibility index (Phi) is 3.68. The highest BCUT2D eigenvalue weighted by atomic mass is 79.9. The van der Waals surface area contributed by atoms with Gasteiger partial charge in [0.1, 0.15) is 0 Å². The van der Waals surface area contributed by atoms with E-state index in [-0.39, 0.29) is 0 Å². The zero-order chi connectivity index (χ0) is 13.4.